The Morgan fingerprint density at radius 1 is 1.04 bits per heavy atom. The van der Waals surface area contributed by atoms with Gasteiger partial charge < -0.3 is 4.90 Å². The van der Waals surface area contributed by atoms with Crippen LogP contribution in [0.4, 0.5) is 5.82 Å². The van der Waals surface area contributed by atoms with Crippen molar-refractivity contribution in [2.45, 2.75) is 45.1 Å². The summed E-state index contributed by atoms with van der Waals surface area (Å²) in [6, 6.07) is 9.63. The van der Waals surface area contributed by atoms with Crippen LogP contribution in [0.3, 0.4) is 0 Å². The molecule has 1 aliphatic carbocycles. The first-order valence-corrected chi connectivity index (χ1v) is 10.2. The lowest BCUT2D eigenvalue weighted by molar-refractivity contribution is 0.348. The minimum Gasteiger partial charge on any atom is -0.356 e. The van der Waals surface area contributed by atoms with E-state index < -0.39 is 0 Å². The van der Waals surface area contributed by atoms with Crippen molar-refractivity contribution < 1.29 is 0 Å². The largest absolute Gasteiger partial charge is 0.356 e. The van der Waals surface area contributed by atoms with Crippen LogP contribution in [0.2, 0.25) is 0 Å². The van der Waals surface area contributed by atoms with E-state index in [1.54, 1.807) is 0 Å². The number of hydrogen-bond acceptors (Lipinski definition) is 5. The lowest BCUT2D eigenvalue weighted by Crippen LogP contribution is -2.37. The highest BCUT2D eigenvalue weighted by atomic mass is 16.1. The number of aryl methyl sites for hydroxylation is 1. The monoisotopic (exact) mass is 375 g/mol. The van der Waals surface area contributed by atoms with Gasteiger partial charge >= 0.3 is 0 Å². The number of para-hydroxylation sites is 1. The topological polar surface area (TPSA) is 63.9 Å². The summed E-state index contributed by atoms with van der Waals surface area (Å²) >= 11 is 0. The highest BCUT2D eigenvalue weighted by Crippen LogP contribution is 2.38. The van der Waals surface area contributed by atoms with Crippen molar-refractivity contribution in [2.75, 3.05) is 18.0 Å². The van der Waals surface area contributed by atoms with E-state index in [1.165, 1.54) is 12.8 Å². The third-order valence-electron chi connectivity index (χ3n) is 6.03. The van der Waals surface area contributed by atoms with E-state index in [2.05, 4.69) is 14.9 Å². The molecule has 0 spiro atoms. The number of aromatic nitrogens is 4. The number of hydrogen-bond donors (Lipinski definition) is 0. The van der Waals surface area contributed by atoms with Crippen molar-refractivity contribution in [2.24, 2.45) is 5.92 Å². The van der Waals surface area contributed by atoms with Crippen LogP contribution >= 0.6 is 0 Å². The van der Waals surface area contributed by atoms with Crippen molar-refractivity contribution in [3.8, 4) is 0 Å². The molecule has 1 aromatic carbocycles. The van der Waals surface area contributed by atoms with Gasteiger partial charge in [0.2, 0.25) is 0 Å². The third kappa shape index (κ3) is 3.28. The molecule has 5 rings (SSSR count). The van der Waals surface area contributed by atoms with Crippen LogP contribution < -0.4 is 10.5 Å². The highest BCUT2D eigenvalue weighted by Gasteiger charge is 2.28. The summed E-state index contributed by atoms with van der Waals surface area (Å²) in [6.07, 6.45) is 6.45. The molecular formula is C22H25N5O. The van der Waals surface area contributed by atoms with Gasteiger partial charge in [0.25, 0.3) is 5.56 Å². The SMILES string of the molecule is Cc1nc2ccccc2c(=O)n1CC1CCN(c2ccnc(C3CC3)n2)CC1. The number of benzene rings is 1. The Morgan fingerprint density at radius 2 is 1.82 bits per heavy atom. The molecule has 0 unspecified atom stereocenters. The highest BCUT2D eigenvalue weighted by molar-refractivity contribution is 5.77. The fraction of sp³-hybridized carbons (Fsp3) is 0.455. The van der Waals surface area contributed by atoms with E-state index >= 15 is 0 Å². The number of piperidine rings is 1. The van der Waals surface area contributed by atoms with Gasteiger partial charge in [0.1, 0.15) is 17.5 Å². The molecular weight excluding hydrogens is 350 g/mol. The molecule has 0 N–H and O–H groups in total. The summed E-state index contributed by atoms with van der Waals surface area (Å²) in [5, 5.41) is 0.708. The summed E-state index contributed by atoms with van der Waals surface area (Å²) in [4.78, 5) is 29.1. The van der Waals surface area contributed by atoms with Crippen molar-refractivity contribution >= 4 is 16.7 Å². The Hall–Kier alpha value is -2.76. The van der Waals surface area contributed by atoms with Gasteiger partial charge in [0, 0.05) is 31.7 Å². The zero-order valence-corrected chi connectivity index (χ0v) is 16.2. The van der Waals surface area contributed by atoms with E-state index in [-0.39, 0.29) is 5.56 Å². The van der Waals surface area contributed by atoms with Crippen LogP contribution in [-0.2, 0) is 6.54 Å². The molecule has 1 saturated heterocycles. The summed E-state index contributed by atoms with van der Waals surface area (Å²) in [7, 11) is 0. The summed E-state index contributed by atoms with van der Waals surface area (Å²) < 4.78 is 1.86. The van der Waals surface area contributed by atoms with Crippen LogP contribution in [0.5, 0.6) is 0 Å². The number of fused-ring (bicyclic) bond motifs is 1. The third-order valence-corrected chi connectivity index (χ3v) is 6.03. The van der Waals surface area contributed by atoms with Gasteiger partial charge in [-0.25, -0.2) is 15.0 Å². The molecule has 28 heavy (non-hydrogen) atoms. The second kappa shape index (κ2) is 7.00. The lowest BCUT2D eigenvalue weighted by atomic mass is 9.96. The van der Waals surface area contributed by atoms with Crippen LogP contribution in [0.15, 0.2) is 41.3 Å². The second-order valence-corrected chi connectivity index (χ2v) is 8.07. The normalized spacial score (nSPS) is 18.0. The van der Waals surface area contributed by atoms with E-state index in [0.717, 1.165) is 55.5 Å². The molecule has 0 amide bonds. The molecule has 6 nitrogen and oxygen atoms in total. The van der Waals surface area contributed by atoms with Gasteiger partial charge in [-0.2, -0.15) is 0 Å². The predicted molar refractivity (Wildman–Crippen MR) is 110 cm³/mol. The zero-order valence-electron chi connectivity index (χ0n) is 16.2. The molecule has 3 heterocycles. The fourth-order valence-electron chi connectivity index (χ4n) is 4.18. The van der Waals surface area contributed by atoms with Gasteiger partial charge in [-0.15, -0.1) is 0 Å². The average Bonchev–Trinajstić information content (AvgIpc) is 3.57. The van der Waals surface area contributed by atoms with Gasteiger partial charge in [-0.05, 0) is 56.7 Å². The summed E-state index contributed by atoms with van der Waals surface area (Å²) in [5.74, 6) is 3.92. The molecule has 2 fully saturated rings. The maximum atomic E-state index is 12.9. The van der Waals surface area contributed by atoms with Gasteiger partial charge in [0.15, 0.2) is 0 Å². The van der Waals surface area contributed by atoms with Gasteiger partial charge in [-0.3, -0.25) is 9.36 Å². The van der Waals surface area contributed by atoms with E-state index in [0.29, 0.717) is 17.2 Å². The Kier molecular flexibility index (Phi) is 4.34. The Bertz CT molecular complexity index is 1060. The summed E-state index contributed by atoms with van der Waals surface area (Å²) in [6.45, 7) is 4.62. The van der Waals surface area contributed by atoms with Gasteiger partial charge in [0.05, 0.1) is 10.9 Å². The minimum atomic E-state index is 0.0791. The summed E-state index contributed by atoms with van der Waals surface area (Å²) in [5.41, 5.74) is 0.863. The average molecular weight is 375 g/mol. The Balaban J connectivity index is 1.29. The quantitative estimate of drug-likeness (QED) is 0.700. The van der Waals surface area contributed by atoms with E-state index in [4.69, 9.17) is 4.98 Å². The first-order chi connectivity index (χ1) is 13.7. The smallest absolute Gasteiger partial charge is 0.261 e. The van der Waals surface area contributed by atoms with Crippen LogP contribution in [0, 0.1) is 12.8 Å². The molecule has 3 aromatic rings. The molecule has 1 aliphatic heterocycles. The van der Waals surface area contributed by atoms with Crippen molar-refractivity contribution in [1.82, 2.24) is 19.5 Å². The lowest BCUT2D eigenvalue weighted by Gasteiger charge is -2.33. The molecule has 2 aromatic heterocycles. The Morgan fingerprint density at radius 3 is 2.61 bits per heavy atom. The molecule has 2 aliphatic rings. The molecule has 1 saturated carbocycles. The van der Waals surface area contributed by atoms with E-state index in [1.807, 2.05) is 48.0 Å². The van der Waals surface area contributed by atoms with Crippen LogP contribution in [0.1, 0.15) is 43.3 Å². The number of rotatable bonds is 4. The molecule has 0 bridgehead atoms. The van der Waals surface area contributed by atoms with Crippen LogP contribution in [0.25, 0.3) is 10.9 Å². The van der Waals surface area contributed by atoms with Crippen molar-refractivity contribution in [3.05, 3.63) is 58.5 Å². The number of nitrogens with zero attached hydrogens (tertiary/aromatic N) is 5. The standard InChI is InChI=1S/C22H25N5O/c1-15-24-19-5-3-2-4-18(19)22(28)27(15)14-16-9-12-26(13-10-16)20-8-11-23-21(25-20)17-6-7-17/h2-5,8,11,16-17H,6-7,9-10,12-14H2,1H3. The van der Waals surface area contributed by atoms with Crippen molar-refractivity contribution in [3.63, 3.8) is 0 Å². The minimum absolute atomic E-state index is 0.0791. The first kappa shape index (κ1) is 17.3. The fourth-order valence-corrected chi connectivity index (χ4v) is 4.18. The predicted octanol–water partition coefficient (Wildman–Crippen LogP) is 3.29. The maximum absolute atomic E-state index is 12.9. The molecule has 6 heteroatoms. The molecule has 0 atom stereocenters. The molecule has 144 valence electrons. The Labute approximate surface area is 164 Å². The zero-order chi connectivity index (χ0) is 19.1. The first-order valence-electron chi connectivity index (χ1n) is 10.2. The van der Waals surface area contributed by atoms with Crippen LogP contribution in [-0.4, -0.2) is 32.6 Å². The maximum Gasteiger partial charge on any atom is 0.261 e. The second-order valence-electron chi connectivity index (χ2n) is 8.07. The van der Waals surface area contributed by atoms with Crippen molar-refractivity contribution in [1.29, 1.82) is 0 Å². The molecule has 0 radical (unpaired) electrons. The van der Waals surface area contributed by atoms with Gasteiger partial charge in [-0.1, -0.05) is 12.1 Å². The van der Waals surface area contributed by atoms with E-state index in [9.17, 15) is 4.79 Å². The number of anilines is 1.